The largest absolute Gasteiger partial charge is 0.378 e. The first kappa shape index (κ1) is 16.9. The van der Waals surface area contributed by atoms with Gasteiger partial charge in [-0.15, -0.1) is 0 Å². The van der Waals surface area contributed by atoms with Gasteiger partial charge in [-0.3, -0.25) is 4.79 Å². The molecule has 7 heteroatoms. The second kappa shape index (κ2) is 7.29. The van der Waals surface area contributed by atoms with Crippen molar-refractivity contribution in [1.82, 2.24) is 10.3 Å². The Morgan fingerprint density at radius 3 is 2.92 bits per heavy atom. The molecule has 1 saturated heterocycles. The lowest BCUT2D eigenvalue weighted by molar-refractivity contribution is -0.145. The van der Waals surface area contributed by atoms with Crippen LogP contribution in [0.5, 0.6) is 0 Å². The molecule has 24 heavy (non-hydrogen) atoms. The van der Waals surface area contributed by atoms with E-state index < -0.39 is 0 Å². The van der Waals surface area contributed by atoms with Gasteiger partial charge < -0.3 is 24.5 Å². The molecule has 3 atom stereocenters. The lowest BCUT2D eigenvalue weighted by Crippen LogP contribution is -2.50. The van der Waals surface area contributed by atoms with E-state index in [0.717, 1.165) is 5.52 Å². The van der Waals surface area contributed by atoms with Crippen molar-refractivity contribution in [2.75, 3.05) is 34.0 Å². The standard InChI is InChI=1S/C17H21FN2O4/c1-22-15-9-24-8-11(16(15)23-2)7-19-17(21)14-6-10-5-12(18)3-4-13(10)20-14/h3-6,11,15-16,20H,7-9H2,1-2H3,(H,19,21)/t11-,15-,16+/m1/s1. The fraction of sp³-hybridized carbons (Fsp3) is 0.471. The number of nitrogens with one attached hydrogen (secondary N) is 2. The van der Waals surface area contributed by atoms with E-state index in [1.54, 1.807) is 26.4 Å². The van der Waals surface area contributed by atoms with Gasteiger partial charge in [0.25, 0.3) is 5.91 Å². The molecule has 0 aliphatic carbocycles. The number of carbonyl (C=O) groups excluding carboxylic acids is 1. The number of halogens is 1. The van der Waals surface area contributed by atoms with Crippen LogP contribution in [0.1, 0.15) is 10.5 Å². The third-order valence-electron chi connectivity index (χ3n) is 4.37. The van der Waals surface area contributed by atoms with Crippen LogP contribution in [0.3, 0.4) is 0 Å². The van der Waals surface area contributed by atoms with Gasteiger partial charge in [-0.2, -0.15) is 0 Å². The molecule has 1 aromatic carbocycles. The van der Waals surface area contributed by atoms with Gasteiger partial charge in [0.1, 0.15) is 17.6 Å². The molecule has 0 spiro atoms. The van der Waals surface area contributed by atoms with Crippen molar-refractivity contribution in [2.24, 2.45) is 5.92 Å². The van der Waals surface area contributed by atoms with Crippen LogP contribution in [0, 0.1) is 11.7 Å². The Hall–Kier alpha value is -1.96. The van der Waals surface area contributed by atoms with E-state index in [1.165, 1.54) is 12.1 Å². The molecule has 2 aromatic rings. The summed E-state index contributed by atoms with van der Waals surface area (Å²) < 4.78 is 29.6. The molecule has 1 aliphatic rings. The van der Waals surface area contributed by atoms with Gasteiger partial charge in [-0.05, 0) is 24.3 Å². The van der Waals surface area contributed by atoms with Crippen LogP contribution in [0.15, 0.2) is 24.3 Å². The minimum Gasteiger partial charge on any atom is -0.378 e. The number of benzene rings is 1. The summed E-state index contributed by atoms with van der Waals surface area (Å²) >= 11 is 0. The number of ether oxygens (including phenoxy) is 3. The average Bonchev–Trinajstić information content (AvgIpc) is 3.02. The average molecular weight is 336 g/mol. The number of hydrogen-bond acceptors (Lipinski definition) is 4. The van der Waals surface area contributed by atoms with Gasteiger partial charge in [-0.1, -0.05) is 0 Å². The minimum absolute atomic E-state index is 0.000488. The summed E-state index contributed by atoms with van der Waals surface area (Å²) in [4.78, 5) is 15.3. The predicted octanol–water partition coefficient (Wildman–Crippen LogP) is 1.71. The maximum absolute atomic E-state index is 13.2. The summed E-state index contributed by atoms with van der Waals surface area (Å²) in [6.07, 6.45) is -0.289. The molecule has 0 radical (unpaired) electrons. The van der Waals surface area contributed by atoms with E-state index in [-0.39, 0.29) is 29.9 Å². The third kappa shape index (κ3) is 3.43. The number of aromatic amines is 1. The summed E-state index contributed by atoms with van der Waals surface area (Å²) in [7, 11) is 3.24. The van der Waals surface area contributed by atoms with E-state index in [4.69, 9.17) is 14.2 Å². The molecule has 1 aromatic heterocycles. The zero-order chi connectivity index (χ0) is 17.1. The SMILES string of the molecule is CO[C@H]1[C@H](CNC(=O)c2cc3cc(F)ccc3[nH]2)COC[C@H]1OC. The van der Waals surface area contributed by atoms with Gasteiger partial charge in [0.15, 0.2) is 0 Å². The molecule has 2 heterocycles. The summed E-state index contributed by atoms with van der Waals surface area (Å²) in [6, 6.07) is 5.99. The first-order chi connectivity index (χ1) is 11.6. The Morgan fingerprint density at radius 2 is 2.17 bits per heavy atom. The van der Waals surface area contributed by atoms with E-state index >= 15 is 0 Å². The normalized spacial score (nSPS) is 24.2. The van der Waals surface area contributed by atoms with Gasteiger partial charge in [0, 0.05) is 37.6 Å². The van der Waals surface area contributed by atoms with Gasteiger partial charge in [-0.25, -0.2) is 4.39 Å². The monoisotopic (exact) mass is 336 g/mol. The lowest BCUT2D eigenvalue weighted by atomic mass is 9.96. The smallest absolute Gasteiger partial charge is 0.267 e. The van der Waals surface area contributed by atoms with Crippen LogP contribution < -0.4 is 5.32 Å². The van der Waals surface area contributed by atoms with E-state index in [9.17, 15) is 9.18 Å². The molecule has 1 aliphatic heterocycles. The highest BCUT2D eigenvalue weighted by Gasteiger charge is 2.34. The van der Waals surface area contributed by atoms with Crippen molar-refractivity contribution in [3.63, 3.8) is 0 Å². The molecule has 2 N–H and O–H groups in total. The van der Waals surface area contributed by atoms with Crippen LogP contribution in [0.4, 0.5) is 4.39 Å². The number of hydrogen-bond donors (Lipinski definition) is 2. The number of aromatic nitrogens is 1. The number of rotatable bonds is 5. The quantitative estimate of drug-likeness (QED) is 0.872. The molecular formula is C17H21FN2O4. The maximum atomic E-state index is 13.2. The molecule has 130 valence electrons. The second-order valence-electron chi connectivity index (χ2n) is 5.90. The van der Waals surface area contributed by atoms with Crippen LogP contribution in [-0.2, 0) is 14.2 Å². The Bertz CT molecular complexity index is 718. The molecule has 6 nitrogen and oxygen atoms in total. The fourth-order valence-corrected chi connectivity index (χ4v) is 3.10. The highest BCUT2D eigenvalue weighted by Crippen LogP contribution is 2.20. The van der Waals surface area contributed by atoms with Crippen molar-refractivity contribution in [1.29, 1.82) is 0 Å². The summed E-state index contributed by atoms with van der Waals surface area (Å²) in [5.41, 5.74) is 1.11. The highest BCUT2D eigenvalue weighted by atomic mass is 19.1. The van der Waals surface area contributed by atoms with Crippen LogP contribution in [0.25, 0.3) is 10.9 Å². The van der Waals surface area contributed by atoms with E-state index in [1.807, 2.05) is 0 Å². The van der Waals surface area contributed by atoms with Crippen molar-refractivity contribution in [3.8, 4) is 0 Å². The van der Waals surface area contributed by atoms with Crippen molar-refractivity contribution in [3.05, 3.63) is 35.8 Å². The zero-order valence-corrected chi connectivity index (χ0v) is 13.7. The molecule has 0 saturated carbocycles. The Kier molecular flexibility index (Phi) is 5.13. The number of fused-ring (bicyclic) bond motifs is 1. The van der Waals surface area contributed by atoms with Crippen LogP contribution in [-0.4, -0.2) is 57.1 Å². The van der Waals surface area contributed by atoms with E-state index in [0.29, 0.717) is 30.8 Å². The first-order valence-electron chi connectivity index (χ1n) is 7.82. The lowest BCUT2D eigenvalue weighted by Gasteiger charge is -2.36. The van der Waals surface area contributed by atoms with Crippen molar-refractivity contribution in [2.45, 2.75) is 12.2 Å². The van der Waals surface area contributed by atoms with Crippen molar-refractivity contribution < 1.29 is 23.4 Å². The minimum atomic E-state index is -0.332. The highest BCUT2D eigenvalue weighted by molar-refractivity contribution is 5.97. The fourth-order valence-electron chi connectivity index (χ4n) is 3.10. The number of carbonyl (C=O) groups is 1. The number of H-pyrrole nitrogens is 1. The summed E-state index contributed by atoms with van der Waals surface area (Å²) in [6.45, 7) is 1.38. The predicted molar refractivity (Wildman–Crippen MR) is 86.5 cm³/mol. The number of amides is 1. The van der Waals surface area contributed by atoms with Gasteiger partial charge in [0.2, 0.25) is 0 Å². The molecule has 0 bridgehead atoms. The number of methoxy groups -OCH3 is 2. The topological polar surface area (TPSA) is 72.6 Å². The van der Waals surface area contributed by atoms with E-state index in [2.05, 4.69) is 10.3 Å². The first-order valence-corrected chi connectivity index (χ1v) is 7.82. The zero-order valence-electron chi connectivity index (χ0n) is 13.7. The maximum Gasteiger partial charge on any atom is 0.267 e. The Balaban J connectivity index is 1.65. The van der Waals surface area contributed by atoms with Crippen LogP contribution in [0.2, 0.25) is 0 Å². The molecule has 1 amide bonds. The van der Waals surface area contributed by atoms with Crippen molar-refractivity contribution >= 4 is 16.8 Å². The Labute approximate surface area is 139 Å². The molecule has 3 rings (SSSR count). The second-order valence-corrected chi connectivity index (χ2v) is 5.90. The summed E-state index contributed by atoms with van der Waals surface area (Å²) in [5.74, 6) is -0.582. The van der Waals surface area contributed by atoms with Gasteiger partial charge >= 0.3 is 0 Å². The van der Waals surface area contributed by atoms with Gasteiger partial charge in [0.05, 0.1) is 19.3 Å². The third-order valence-corrected chi connectivity index (χ3v) is 4.37. The summed E-state index contributed by atoms with van der Waals surface area (Å²) in [5, 5.41) is 3.54. The van der Waals surface area contributed by atoms with Crippen LogP contribution >= 0.6 is 0 Å². The Morgan fingerprint density at radius 1 is 1.33 bits per heavy atom. The molecule has 1 fully saturated rings. The molecule has 0 unspecified atom stereocenters. The molecular weight excluding hydrogens is 315 g/mol.